The summed E-state index contributed by atoms with van der Waals surface area (Å²) in [6.45, 7) is 9.03. The lowest BCUT2D eigenvalue weighted by atomic mass is 10.1. The Morgan fingerprint density at radius 1 is 1.31 bits per heavy atom. The summed E-state index contributed by atoms with van der Waals surface area (Å²) < 4.78 is 0. The van der Waals surface area contributed by atoms with Crippen LogP contribution in [-0.2, 0) is 11.2 Å². The van der Waals surface area contributed by atoms with Crippen LogP contribution in [0.15, 0.2) is 41.5 Å². The zero-order valence-electron chi connectivity index (χ0n) is 17.5. The molecule has 0 bridgehead atoms. The van der Waals surface area contributed by atoms with E-state index >= 15 is 0 Å². The third-order valence-electron chi connectivity index (χ3n) is 5.05. The summed E-state index contributed by atoms with van der Waals surface area (Å²) in [6.07, 6.45) is 3.63. The molecule has 0 spiro atoms. The Hall–Kier alpha value is -1.90. The molecule has 2 heterocycles. The quantitative estimate of drug-likeness (QED) is 0.357. The number of nitrogens with zero attached hydrogens (tertiary/aromatic N) is 3. The first-order valence-electron chi connectivity index (χ1n) is 10.2. The van der Waals surface area contributed by atoms with Crippen molar-refractivity contribution < 1.29 is 4.79 Å². The Balaban J connectivity index is 0.00000300. The van der Waals surface area contributed by atoms with E-state index in [4.69, 9.17) is 4.99 Å². The molecule has 1 unspecified atom stereocenters. The average Bonchev–Trinajstić information content (AvgIpc) is 3.16. The van der Waals surface area contributed by atoms with Crippen molar-refractivity contribution in [3.63, 3.8) is 0 Å². The number of halogens is 1. The van der Waals surface area contributed by atoms with Gasteiger partial charge in [0, 0.05) is 49.7 Å². The SMILES string of the molecule is CCNC(=NCCc1cccc2cccnc12)NC1CCN(C(=O)C(C)C)C1.I. The molecule has 1 aromatic heterocycles. The number of aromatic nitrogens is 1. The van der Waals surface area contributed by atoms with Gasteiger partial charge in [-0.05, 0) is 31.4 Å². The van der Waals surface area contributed by atoms with Gasteiger partial charge in [0.2, 0.25) is 5.91 Å². The van der Waals surface area contributed by atoms with Crippen LogP contribution in [0.1, 0.15) is 32.8 Å². The first-order chi connectivity index (χ1) is 13.6. The predicted molar refractivity (Wildman–Crippen MR) is 130 cm³/mol. The lowest BCUT2D eigenvalue weighted by Gasteiger charge is -2.20. The third kappa shape index (κ3) is 6.29. The first-order valence-corrected chi connectivity index (χ1v) is 10.2. The van der Waals surface area contributed by atoms with Gasteiger partial charge in [-0.2, -0.15) is 0 Å². The van der Waals surface area contributed by atoms with Crippen LogP contribution >= 0.6 is 24.0 Å². The predicted octanol–water partition coefficient (Wildman–Crippen LogP) is 3.21. The Labute approximate surface area is 190 Å². The second-order valence-electron chi connectivity index (χ2n) is 7.57. The summed E-state index contributed by atoms with van der Waals surface area (Å²) >= 11 is 0. The Bertz CT molecular complexity index is 834. The van der Waals surface area contributed by atoms with Crippen LogP contribution in [0.4, 0.5) is 0 Å². The molecular formula is C22H32IN5O. The molecule has 0 radical (unpaired) electrons. The molecule has 29 heavy (non-hydrogen) atoms. The number of para-hydroxylation sites is 1. The number of nitrogens with one attached hydrogen (secondary N) is 2. The fourth-order valence-electron chi connectivity index (χ4n) is 3.61. The van der Waals surface area contributed by atoms with Crippen LogP contribution in [0.5, 0.6) is 0 Å². The number of benzene rings is 1. The zero-order chi connectivity index (χ0) is 19.9. The molecule has 3 rings (SSSR count). The van der Waals surface area contributed by atoms with Crippen LogP contribution in [0.3, 0.4) is 0 Å². The van der Waals surface area contributed by atoms with Gasteiger partial charge >= 0.3 is 0 Å². The van der Waals surface area contributed by atoms with Gasteiger partial charge in [-0.1, -0.05) is 38.1 Å². The normalized spacial score (nSPS) is 16.8. The molecule has 1 atom stereocenters. The number of pyridine rings is 1. The highest BCUT2D eigenvalue weighted by atomic mass is 127. The van der Waals surface area contributed by atoms with Gasteiger partial charge in [-0.3, -0.25) is 14.8 Å². The van der Waals surface area contributed by atoms with E-state index in [9.17, 15) is 4.79 Å². The van der Waals surface area contributed by atoms with Crippen LogP contribution in [-0.4, -0.2) is 54.0 Å². The number of amides is 1. The summed E-state index contributed by atoms with van der Waals surface area (Å²) in [5.41, 5.74) is 2.27. The number of carbonyl (C=O) groups is 1. The minimum absolute atomic E-state index is 0. The van der Waals surface area contributed by atoms with E-state index in [0.717, 1.165) is 49.3 Å². The van der Waals surface area contributed by atoms with Crippen molar-refractivity contribution in [2.24, 2.45) is 10.9 Å². The highest BCUT2D eigenvalue weighted by Crippen LogP contribution is 2.16. The summed E-state index contributed by atoms with van der Waals surface area (Å²) in [5, 5.41) is 7.97. The molecule has 6 nitrogen and oxygen atoms in total. The summed E-state index contributed by atoms with van der Waals surface area (Å²) in [7, 11) is 0. The van der Waals surface area contributed by atoms with Crippen LogP contribution in [0.2, 0.25) is 0 Å². The van der Waals surface area contributed by atoms with Gasteiger partial charge in [-0.15, -0.1) is 24.0 Å². The van der Waals surface area contributed by atoms with Gasteiger partial charge in [0.1, 0.15) is 0 Å². The number of aliphatic imine (C=N–C) groups is 1. The lowest BCUT2D eigenvalue weighted by molar-refractivity contribution is -0.133. The third-order valence-corrected chi connectivity index (χ3v) is 5.05. The molecular weight excluding hydrogens is 477 g/mol. The highest BCUT2D eigenvalue weighted by molar-refractivity contribution is 14.0. The molecule has 1 aliphatic rings. The maximum absolute atomic E-state index is 12.2. The van der Waals surface area contributed by atoms with Gasteiger partial charge in [0.05, 0.1) is 5.52 Å². The number of fused-ring (bicyclic) bond motifs is 1. The number of hydrogen-bond donors (Lipinski definition) is 2. The van der Waals surface area contributed by atoms with Crippen molar-refractivity contribution in [3.05, 3.63) is 42.1 Å². The highest BCUT2D eigenvalue weighted by Gasteiger charge is 2.27. The Morgan fingerprint density at radius 2 is 2.10 bits per heavy atom. The number of carbonyl (C=O) groups excluding carboxylic acids is 1. The van der Waals surface area contributed by atoms with Crippen molar-refractivity contribution in [3.8, 4) is 0 Å². The van der Waals surface area contributed by atoms with Crippen molar-refractivity contribution in [2.45, 2.75) is 39.7 Å². The minimum atomic E-state index is 0. The number of rotatable bonds is 6. The van der Waals surface area contributed by atoms with Gasteiger partial charge in [0.25, 0.3) is 0 Å². The molecule has 2 N–H and O–H groups in total. The average molecular weight is 509 g/mol. The van der Waals surface area contributed by atoms with Crippen LogP contribution in [0.25, 0.3) is 10.9 Å². The van der Waals surface area contributed by atoms with E-state index < -0.39 is 0 Å². The maximum Gasteiger partial charge on any atom is 0.225 e. The second-order valence-corrected chi connectivity index (χ2v) is 7.57. The van der Waals surface area contributed by atoms with Crippen LogP contribution < -0.4 is 10.6 Å². The lowest BCUT2D eigenvalue weighted by Crippen LogP contribution is -2.45. The largest absolute Gasteiger partial charge is 0.357 e. The van der Waals surface area contributed by atoms with E-state index in [1.807, 2.05) is 31.0 Å². The topological polar surface area (TPSA) is 69.6 Å². The number of hydrogen-bond acceptors (Lipinski definition) is 3. The summed E-state index contributed by atoms with van der Waals surface area (Å²) in [5.74, 6) is 1.10. The monoisotopic (exact) mass is 509 g/mol. The van der Waals surface area contributed by atoms with Crippen molar-refractivity contribution in [2.75, 3.05) is 26.2 Å². The van der Waals surface area contributed by atoms with Gasteiger partial charge in [-0.25, -0.2) is 0 Å². The molecule has 2 aromatic rings. The molecule has 0 saturated carbocycles. The summed E-state index contributed by atoms with van der Waals surface area (Å²) in [6, 6.07) is 10.6. The van der Waals surface area contributed by atoms with Gasteiger partial charge in [0.15, 0.2) is 5.96 Å². The van der Waals surface area contributed by atoms with Crippen molar-refractivity contribution >= 4 is 46.7 Å². The Morgan fingerprint density at radius 3 is 2.86 bits per heavy atom. The van der Waals surface area contributed by atoms with Crippen molar-refractivity contribution in [1.29, 1.82) is 0 Å². The number of guanidine groups is 1. The Kier molecular flexibility index (Phi) is 9.13. The smallest absolute Gasteiger partial charge is 0.225 e. The first kappa shape index (κ1) is 23.4. The van der Waals surface area contributed by atoms with E-state index in [0.29, 0.717) is 6.54 Å². The molecule has 1 saturated heterocycles. The molecule has 158 valence electrons. The summed E-state index contributed by atoms with van der Waals surface area (Å²) in [4.78, 5) is 23.4. The fraction of sp³-hybridized carbons (Fsp3) is 0.500. The zero-order valence-corrected chi connectivity index (χ0v) is 19.8. The molecule has 1 aromatic carbocycles. The molecule has 1 amide bonds. The van der Waals surface area contributed by atoms with E-state index in [2.05, 4.69) is 46.8 Å². The molecule has 1 aliphatic heterocycles. The standard InChI is InChI=1S/C22H31N5O.HI/c1-4-23-22(26-19-11-14-27(15-19)21(28)16(2)3)25-13-10-18-8-5-7-17-9-6-12-24-20(17)18;/h5-9,12,16,19H,4,10-11,13-15H2,1-3H3,(H2,23,25,26);1H. The van der Waals surface area contributed by atoms with Gasteiger partial charge < -0.3 is 15.5 Å². The molecule has 1 fully saturated rings. The number of likely N-dealkylation sites (tertiary alicyclic amines) is 1. The van der Waals surface area contributed by atoms with E-state index in [1.165, 1.54) is 5.56 Å². The minimum Gasteiger partial charge on any atom is -0.357 e. The van der Waals surface area contributed by atoms with E-state index in [-0.39, 0.29) is 41.8 Å². The van der Waals surface area contributed by atoms with Crippen LogP contribution in [0, 0.1) is 5.92 Å². The van der Waals surface area contributed by atoms with E-state index in [1.54, 1.807) is 0 Å². The maximum atomic E-state index is 12.2. The second kappa shape index (κ2) is 11.3. The van der Waals surface area contributed by atoms with Crippen molar-refractivity contribution in [1.82, 2.24) is 20.5 Å². The molecule has 0 aliphatic carbocycles. The molecule has 7 heteroatoms. The fourth-order valence-corrected chi connectivity index (χ4v) is 3.61.